The van der Waals surface area contributed by atoms with Crippen LogP contribution in [0.15, 0.2) is 231 Å². The number of halogens is 1. The second-order valence-electron chi connectivity index (χ2n) is 46.4. The highest BCUT2D eigenvalue weighted by Gasteiger charge is 2.57. The molecule has 0 radical (unpaired) electrons. The third-order valence-corrected chi connectivity index (χ3v) is 33.4. The van der Waals surface area contributed by atoms with E-state index in [0.717, 1.165) is 202 Å². The second-order valence-corrected chi connectivity index (χ2v) is 46.8. The van der Waals surface area contributed by atoms with Crippen molar-refractivity contribution in [2.45, 2.75) is 275 Å². The third kappa shape index (κ3) is 27.3. The summed E-state index contributed by atoms with van der Waals surface area (Å²) in [6.45, 7) is 23.7. The second kappa shape index (κ2) is 44.9. The fraction of sp³-hybridized carbons (Fsp3) is 0.543. The van der Waals surface area contributed by atoms with Crippen LogP contribution < -0.4 is 72.5 Å². The van der Waals surface area contributed by atoms with Crippen molar-refractivity contribution in [1.29, 1.82) is 0 Å². The Morgan fingerprint density at radius 3 is 0.932 bits per heavy atom. The Bertz CT molecular complexity index is 5770. The average Bonchev–Trinajstić information content (AvgIpc) is 0.764. The van der Waals surface area contributed by atoms with Crippen LogP contribution in [0.2, 0.25) is 5.02 Å². The maximum Gasteiger partial charge on any atom is 0.351 e. The first-order valence-corrected chi connectivity index (χ1v) is 53.7. The number of carbonyl (C=O) groups excluding carboxylic acids is 5. The van der Waals surface area contributed by atoms with Crippen molar-refractivity contribution in [2.75, 3.05) is 33.0 Å². The summed E-state index contributed by atoms with van der Waals surface area (Å²) < 4.78 is 56.9. The number of benzene rings is 4. The quantitative estimate of drug-likeness (QED) is 0.0222. The maximum atomic E-state index is 12.7. The van der Waals surface area contributed by atoms with Gasteiger partial charge in [-0.25, -0.2) is 4.79 Å². The molecule has 29 rings (SSSR count). The average molecular weight is 2040 g/mol. The van der Waals surface area contributed by atoms with Crippen molar-refractivity contribution < 1.29 is 71.3 Å². The molecule has 10 N–H and O–H groups in total. The van der Waals surface area contributed by atoms with Crippen molar-refractivity contribution in [3.05, 3.63) is 244 Å². The summed E-state index contributed by atoms with van der Waals surface area (Å²) in [6.07, 6.45) is 43.6. The standard InChI is InChI=1S/C25H31N3O3.2C24H29N3O3.C23H26ClN3O3.C19H27N3O4.CH4/c1-16-3-5-18(6-4-16)14-30-23-10-24(27-17(2)26-23)31-15-22(29)28-25-11-19-7-20(12-25)9-21(8-19)13-25;1-15-3-5-20(6-4-15)30-23-10-22(25-16(2)26-23)29-14-21(28)27-24-11-17-7-18(12-24)9-19(8-17)13-24;1-16-25-22(29-14-17-5-3-2-4-6-17)10-23(26-16)30-15-21(28)27-24-11-18-7-19(12-24)9-20(8-18)13-24;1-14-25-21(9-22(26-14)30-19-4-2-18(24)3-5-19)29-13-20(28)27-23-10-15-6-16(11-23)8-17(7-15)12-23;1-11(2)26-17-6-16(20-18(24)21-17)25-10-15(23)22-19-7-12-3-13(8-19)5-14(4-12)9-19;/h3-6,10,19-21,27H,2,7-9,11-15H2,1H3,(H,28,29);3-6,10,17-19,26H,2,7-9,11-14H2,1H3,(H,27,28);2-6,10,18-20,26H,1,7-9,11-15H2,(H,27,28);2-5,9,15-17,26H,1,6-8,10-13H2,(H,27,28);6,11-14H,3-5,7-10H2,1-2H3,(H,22,23)(H,20,21,24);1H4. The summed E-state index contributed by atoms with van der Waals surface area (Å²) in [7, 11) is 0. The number of rotatable bonds is 28. The van der Waals surface area contributed by atoms with Gasteiger partial charge in [-0.2, -0.15) is 25.0 Å². The third-order valence-electron chi connectivity index (χ3n) is 33.1. The van der Waals surface area contributed by atoms with Gasteiger partial charge in [0.25, 0.3) is 29.5 Å². The molecule has 20 aliphatic carbocycles. The van der Waals surface area contributed by atoms with Gasteiger partial charge in [-0.1, -0.05) is 123 Å². The van der Waals surface area contributed by atoms with E-state index in [1.54, 1.807) is 48.6 Å². The monoisotopic (exact) mass is 2040 g/mol. The highest BCUT2D eigenvalue weighted by Crippen LogP contribution is 2.61. The van der Waals surface area contributed by atoms with E-state index in [2.05, 4.69) is 123 Å². The van der Waals surface area contributed by atoms with Gasteiger partial charge in [-0.05, 0) is 357 Å². The Hall–Kier alpha value is -12.8. The fourth-order valence-electron chi connectivity index (χ4n) is 29.9. The first kappa shape index (κ1) is 104. The van der Waals surface area contributed by atoms with Gasteiger partial charge in [-0.3, -0.25) is 29.0 Å². The number of nitrogens with zero attached hydrogens (tertiary/aromatic N) is 5. The molecule has 5 heterocycles. The summed E-state index contributed by atoms with van der Waals surface area (Å²) >= 11 is 5.91. The minimum Gasteiger partial charge on any atom is -0.476 e. The molecule has 0 spiro atoms. The fourth-order valence-corrected chi connectivity index (χ4v) is 30.0. The Labute approximate surface area is 873 Å². The lowest BCUT2D eigenvalue weighted by Gasteiger charge is -2.56. The van der Waals surface area contributed by atoms with E-state index >= 15 is 0 Å². The van der Waals surface area contributed by atoms with E-state index in [1.807, 2.05) is 87.5 Å². The van der Waals surface area contributed by atoms with Gasteiger partial charge >= 0.3 is 5.69 Å². The van der Waals surface area contributed by atoms with Crippen LogP contribution in [0.5, 0.6) is 23.3 Å². The first-order valence-electron chi connectivity index (χ1n) is 53.3. The van der Waals surface area contributed by atoms with E-state index in [4.69, 9.17) is 59.0 Å². The number of aryl methyl sites for hydroxylation is 2. The number of carbonyl (C=O) groups is 5. The smallest absolute Gasteiger partial charge is 0.351 e. The largest absolute Gasteiger partial charge is 0.476 e. The number of H-pyrrole nitrogens is 1. The molecule has 31 nitrogen and oxygen atoms in total. The molecule has 0 unspecified atom stereocenters. The zero-order valence-corrected chi connectivity index (χ0v) is 85.8. The van der Waals surface area contributed by atoms with Crippen LogP contribution in [-0.2, 0) is 65.6 Å². The SMILES string of the molecule is C.C=C1N=C(OCC(=O)NC23CC4CC(CC(C4)C2)C3)C=C(Oc2ccc(C)cc2)N1.C=C1N=C(OCC(=O)NC23CC4CC(CC(C4)C2)C3)C=C(Oc2ccc(Cl)cc2)N1.C=C1N=C(OCc2ccc(C)cc2)C=C(OCC(=O)NC23CC4CC(CC(C4)C2)C3)N1.C=C1N=C(OCc2ccccc2)C=C(OCC(=O)NC23CC4CC(CC(C4)C2)C3)N1.CC(C)Oc1cc(OCC(=O)NC23CC4CC(CC(C4)C2)C3)nc(=O)[nH]1. The van der Waals surface area contributed by atoms with E-state index in [1.165, 1.54) is 108 Å². The predicted octanol–water partition coefficient (Wildman–Crippen LogP) is 18.1. The molecule has 4 aliphatic heterocycles. The molecule has 32 heteroatoms. The molecule has 4 aromatic carbocycles. The van der Waals surface area contributed by atoms with Crippen LogP contribution in [0, 0.1) is 103 Å². The molecule has 0 atom stereocenters. The Morgan fingerprint density at radius 2 is 0.622 bits per heavy atom. The van der Waals surface area contributed by atoms with Crippen molar-refractivity contribution in [1.82, 2.24) is 57.8 Å². The van der Waals surface area contributed by atoms with Gasteiger partial charge in [0.05, 0.1) is 36.5 Å². The lowest BCUT2D eigenvalue weighted by molar-refractivity contribution is -0.131. The zero-order chi connectivity index (χ0) is 102. The van der Waals surface area contributed by atoms with Gasteiger partial charge in [0.2, 0.25) is 47.1 Å². The number of ether oxygens (including phenoxy) is 10. The highest BCUT2D eigenvalue weighted by molar-refractivity contribution is 6.30. The summed E-state index contributed by atoms with van der Waals surface area (Å²) in [4.78, 5) is 98.0. The van der Waals surface area contributed by atoms with Gasteiger partial charge in [0, 0.05) is 32.7 Å². The minimum atomic E-state index is -0.556. The summed E-state index contributed by atoms with van der Waals surface area (Å²) in [5.41, 5.74) is 3.85. The summed E-state index contributed by atoms with van der Waals surface area (Å²) in [5, 5.41) is 29.0. The van der Waals surface area contributed by atoms with Crippen molar-refractivity contribution in [2.24, 2.45) is 109 Å². The molecule has 0 saturated heterocycles. The number of amides is 5. The first-order chi connectivity index (χ1) is 70.8. The van der Waals surface area contributed by atoms with Gasteiger partial charge in [0.15, 0.2) is 44.8 Å². The Balaban J connectivity index is 0.000000116. The van der Waals surface area contributed by atoms with Gasteiger partial charge < -0.3 is 95.2 Å². The molecule has 5 aromatic rings. The molecule has 1 aromatic heterocycles. The number of hydrogen-bond donors (Lipinski definition) is 10. The number of aliphatic imine (C=N–C) groups is 4. The lowest BCUT2D eigenvalue weighted by atomic mass is 9.53. The lowest BCUT2D eigenvalue weighted by Crippen LogP contribution is -2.60. The zero-order valence-electron chi connectivity index (χ0n) is 85.1. The molecule has 24 aliphatic rings. The number of hydrogen-bond acceptors (Lipinski definition) is 25. The van der Waals surface area contributed by atoms with Gasteiger partial charge in [-0.15, -0.1) is 0 Å². The van der Waals surface area contributed by atoms with Crippen LogP contribution in [0.3, 0.4) is 0 Å². The van der Waals surface area contributed by atoms with E-state index in [0.29, 0.717) is 100 Å². The van der Waals surface area contributed by atoms with E-state index in [9.17, 15) is 28.8 Å². The van der Waals surface area contributed by atoms with E-state index in [-0.39, 0.29) is 116 Å². The highest BCUT2D eigenvalue weighted by atomic mass is 35.5. The number of aromatic nitrogens is 2. The molecule has 148 heavy (non-hydrogen) atoms. The van der Waals surface area contributed by atoms with Crippen LogP contribution in [-0.4, -0.2) is 130 Å². The van der Waals surface area contributed by atoms with Crippen LogP contribution in [0.25, 0.3) is 0 Å². The maximum absolute atomic E-state index is 12.7. The van der Waals surface area contributed by atoms with Crippen molar-refractivity contribution in [3.63, 3.8) is 0 Å². The topological polar surface area (TPSA) is 381 Å². The number of nitrogens with one attached hydrogen (secondary N) is 10. The molecule has 20 bridgehead atoms. The van der Waals surface area contributed by atoms with E-state index < -0.39 is 5.69 Å². The molecule has 20 fully saturated rings. The molecule has 20 saturated carbocycles. The summed E-state index contributed by atoms with van der Waals surface area (Å²) in [6, 6.07) is 34.3. The van der Waals surface area contributed by atoms with Gasteiger partial charge in [0.1, 0.15) is 48.0 Å². The Morgan fingerprint density at radius 1 is 0.358 bits per heavy atom. The summed E-state index contributed by atoms with van der Waals surface area (Å²) in [5.74, 6) is 18.0. The Kier molecular flexibility index (Phi) is 31.5. The van der Waals surface area contributed by atoms with Crippen LogP contribution >= 0.6 is 11.6 Å². The number of aromatic amines is 1. The van der Waals surface area contributed by atoms with Crippen molar-refractivity contribution >= 4 is 64.7 Å². The molecule has 5 amide bonds. The van der Waals surface area contributed by atoms with Crippen LogP contribution in [0.1, 0.15) is 236 Å². The predicted molar refractivity (Wildman–Crippen MR) is 564 cm³/mol. The molecular weight excluding hydrogens is 1890 g/mol. The normalized spacial score (nSPS) is 31.2. The minimum absolute atomic E-state index is 0. The van der Waals surface area contributed by atoms with Crippen molar-refractivity contribution in [3.8, 4) is 23.3 Å². The molecular formula is C116H146ClN15O16. The molecule has 788 valence electrons. The van der Waals surface area contributed by atoms with Crippen LogP contribution in [0.4, 0.5) is 0 Å².